The first-order chi connectivity index (χ1) is 9.40. The fourth-order valence-corrected chi connectivity index (χ4v) is 3.43. The largest absolute Gasteiger partial charge is 0.416 e. The van der Waals surface area contributed by atoms with Gasteiger partial charge in [0.15, 0.2) is 0 Å². The van der Waals surface area contributed by atoms with Gasteiger partial charge in [-0.25, -0.2) is 0 Å². The van der Waals surface area contributed by atoms with Crippen LogP contribution in [0.1, 0.15) is 22.7 Å². The Morgan fingerprint density at radius 2 is 2.05 bits per heavy atom. The number of thiophene rings is 1. The van der Waals surface area contributed by atoms with Crippen molar-refractivity contribution in [3.8, 4) is 0 Å². The lowest BCUT2D eigenvalue weighted by atomic mass is 10.00. The molecule has 1 aromatic carbocycles. The molecule has 0 amide bonds. The summed E-state index contributed by atoms with van der Waals surface area (Å²) < 4.78 is 39.3. The SMILES string of the molecule is CNC(Cc1cccc(C(F)(F)F)c1)c1csc(I)c1. The van der Waals surface area contributed by atoms with Gasteiger partial charge in [0.2, 0.25) is 0 Å². The lowest BCUT2D eigenvalue weighted by molar-refractivity contribution is -0.137. The van der Waals surface area contributed by atoms with Crippen molar-refractivity contribution in [1.29, 1.82) is 0 Å². The molecule has 108 valence electrons. The lowest BCUT2D eigenvalue weighted by Gasteiger charge is -2.16. The summed E-state index contributed by atoms with van der Waals surface area (Å²) in [5.74, 6) is 0. The van der Waals surface area contributed by atoms with Crippen LogP contribution in [0.4, 0.5) is 13.2 Å². The molecule has 1 atom stereocenters. The van der Waals surface area contributed by atoms with E-state index in [-0.39, 0.29) is 6.04 Å². The maximum Gasteiger partial charge on any atom is 0.416 e. The number of alkyl halides is 3. The van der Waals surface area contributed by atoms with Crippen molar-refractivity contribution in [2.75, 3.05) is 7.05 Å². The van der Waals surface area contributed by atoms with E-state index in [2.05, 4.69) is 34.0 Å². The molecule has 2 aromatic rings. The molecule has 0 aliphatic carbocycles. The quantitative estimate of drug-likeness (QED) is 0.708. The zero-order chi connectivity index (χ0) is 14.8. The average Bonchev–Trinajstić information content (AvgIpc) is 2.82. The van der Waals surface area contributed by atoms with Gasteiger partial charge in [-0.2, -0.15) is 13.2 Å². The molecule has 0 fully saturated rings. The third kappa shape index (κ3) is 3.95. The molecule has 0 aliphatic rings. The Morgan fingerprint density at radius 3 is 2.60 bits per heavy atom. The monoisotopic (exact) mass is 411 g/mol. The first kappa shape index (κ1) is 15.8. The van der Waals surface area contributed by atoms with Gasteiger partial charge in [0.05, 0.1) is 8.45 Å². The molecule has 0 saturated heterocycles. The van der Waals surface area contributed by atoms with Crippen molar-refractivity contribution in [3.63, 3.8) is 0 Å². The molecule has 0 spiro atoms. The number of benzene rings is 1. The molecular formula is C14H13F3INS. The van der Waals surface area contributed by atoms with Crippen LogP contribution in [0.5, 0.6) is 0 Å². The van der Waals surface area contributed by atoms with Crippen LogP contribution in [0.2, 0.25) is 0 Å². The Balaban J connectivity index is 2.20. The summed E-state index contributed by atoms with van der Waals surface area (Å²) in [6, 6.07) is 7.60. The van der Waals surface area contributed by atoms with Gasteiger partial charge in [-0.15, -0.1) is 11.3 Å². The predicted octanol–water partition coefficient (Wildman–Crippen LogP) is 4.87. The Hall–Kier alpha value is -0.600. The van der Waals surface area contributed by atoms with Gasteiger partial charge in [-0.05, 0) is 64.7 Å². The van der Waals surface area contributed by atoms with Gasteiger partial charge in [-0.1, -0.05) is 18.2 Å². The molecule has 6 heteroatoms. The van der Waals surface area contributed by atoms with Crippen LogP contribution in [0.15, 0.2) is 35.7 Å². The maximum atomic E-state index is 12.7. The highest BCUT2D eigenvalue weighted by molar-refractivity contribution is 14.1. The average molecular weight is 411 g/mol. The van der Waals surface area contributed by atoms with Gasteiger partial charge in [0, 0.05) is 6.04 Å². The lowest BCUT2D eigenvalue weighted by Crippen LogP contribution is -2.18. The summed E-state index contributed by atoms with van der Waals surface area (Å²) in [6.45, 7) is 0. The second kappa shape index (κ2) is 6.44. The van der Waals surface area contributed by atoms with Crippen LogP contribution in [0.25, 0.3) is 0 Å². The zero-order valence-corrected chi connectivity index (χ0v) is 13.6. The molecular weight excluding hydrogens is 398 g/mol. The van der Waals surface area contributed by atoms with E-state index < -0.39 is 11.7 Å². The van der Waals surface area contributed by atoms with Gasteiger partial charge in [0.25, 0.3) is 0 Å². The molecule has 0 aliphatic heterocycles. The van der Waals surface area contributed by atoms with Crippen LogP contribution < -0.4 is 5.32 Å². The first-order valence-corrected chi connectivity index (χ1v) is 7.93. The fourth-order valence-electron chi connectivity index (χ4n) is 2.00. The van der Waals surface area contributed by atoms with Crippen LogP contribution >= 0.6 is 33.9 Å². The van der Waals surface area contributed by atoms with Crippen LogP contribution in [-0.2, 0) is 12.6 Å². The fraction of sp³-hybridized carbons (Fsp3) is 0.286. The van der Waals surface area contributed by atoms with Crippen molar-refractivity contribution in [2.24, 2.45) is 0 Å². The zero-order valence-electron chi connectivity index (χ0n) is 10.7. The molecule has 0 bridgehead atoms. The molecule has 2 rings (SSSR count). The second-order valence-electron chi connectivity index (χ2n) is 4.43. The molecule has 1 unspecified atom stereocenters. The van der Waals surface area contributed by atoms with E-state index in [9.17, 15) is 13.2 Å². The number of likely N-dealkylation sites (N-methyl/N-ethyl adjacent to an activating group) is 1. The Bertz CT molecular complexity index is 580. The summed E-state index contributed by atoms with van der Waals surface area (Å²) in [7, 11) is 1.82. The van der Waals surface area contributed by atoms with E-state index in [4.69, 9.17) is 0 Å². The minimum absolute atomic E-state index is 0.0262. The van der Waals surface area contributed by atoms with E-state index >= 15 is 0 Å². The van der Waals surface area contributed by atoms with E-state index in [0.29, 0.717) is 12.0 Å². The van der Waals surface area contributed by atoms with Crippen molar-refractivity contribution in [1.82, 2.24) is 5.32 Å². The topological polar surface area (TPSA) is 12.0 Å². The minimum Gasteiger partial charge on any atom is -0.313 e. The highest BCUT2D eigenvalue weighted by atomic mass is 127. The van der Waals surface area contributed by atoms with E-state index in [1.165, 1.54) is 15.0 Å². The van der Waals surface area contributed by atoms with Crippen molar-refractivity contribution in [3.05, 3.63) is 55.3 Å². The molecule has 1 nitrogen and oxygen atoms in total. The maximum absolute atomic E-state index is 12.7. The van der Waals surface area contributed by atoms with Crippen LogP contribution in [0, 0.1) is 2.88 Å². The normalized spacial score (nSPS) is 13.4. The number of hydrogen-bond donors (Lipinski definition) is 1. The molecule has 1 N–H and O–H groups in total. The number of rotatable bonds is 4. The van der Waals surface area contributed by atoms with Gasteiger partial charge in [-0.3, -0.25) is 0 Å². The third-order valence-corrected chi connectivity index (χ3v) is 4.84. The summed E-state index contributed by atoms with van der Waals surface area (Å²) in [4.78, 5) is 0. The van der Waals surface area contributed by atoms with Crippen molar-refractivity contribution in [2.45, 2.75) is 18.6 Å². The Kier molecular flexibility index (Phi) is 5.09. The minimum atomic E-state index is -4.29. The van der Waals surface area contributed by atoms with Crippen molar-refractivity contribution < 1.29 is 13.2 Å². The van der Waals surface area contributed by atoms with Gasteiger partial charge < -0.3 is 5.32 Å². The van der Waals surface area contributed by atoms with Gasteiger partial charge in [0.1, 0.15) is 0 Å². The summed E-state index contributed by atoms with van der Waals surface area (Å²) >= 11 is 3.87. The second-order valence-corrected chi connectivity index (χ2v) is 7.23. The molecule has 0 radical (unpaired) electrons. The van der Waals surface area contributed by atoms with E-state index in [0.717, 1.165) is 11.6 Å². The number of hydrogen-bond acceptors (Lipinski definition) is 2. The molecule has 0 saturated carbocycles. The molecule has 1 heterocycles. The van der Waals surface area contributed by atoms with Crippen LogP contribution in [-0.4, -0.2) is 7.05 Å². The molecule has 1 aromatic heterocycles. The summed E-state index contributed by atoms with van der Waals surface area (Å²) in [5, 5.41) is 5.20. The van der Waals surface area contributed by atoms with Crippen molar-refractivity contribution >= 4 is 33.9 Å². The smallest absolute Gasteiger partial charge is 0.313 e. The highest BCUT2D eigenvalue weighted by Gasteiger charge is 2.30. The van der Waals surface area contributed by atoms with E-state index in [1.54, 1.807) is 17.4 Å². The standard InChI is InChI=1S/C14H13F3INS/c1-19-12(10-7-13(18)20-8-10)6-9-3-2-4-11(5-9)14(15,16)17/h2-5,7-8,12,19H,6H2,1H3. The summed E-state index contributed by atoms with van der Waals surface area (Å²) in [5.41, 5.74) is 1.20. The van der Waals surface area contributed by atoms with E-state index in [1.807, 2.05) is 12.4 Å². The third-order valence-electron chi connectivity index (χ3n) is 3.03. The summed E-state index contributed by atoms with van der Waals surface area (Å²) in [6.07, 6.45) is -3.75. The van der Waals surface area contributed by atoms with Gasteiger partial charge >= 0.3 is 6.18 Å². The Labute approximate surface area is 133 Å². The van der Waals surface area contributed by atoms with Crippen LogP contribution in [0.3, 0.4) is 0 Å². The predicted molar refractivity (Wildman–Crippen MR) is 84.0 cm³/mol. The number of nitrogens with one attached hydrogen (secondary N) is 1. The molecule has 20 heavy (non-hydrogen) atoms. The number of halogens is 4. The first-order valence-electron chi connectivity index (χ1n) is 5.97. The Morgan fingerprint density at radius 1 is 1.30 bits per heavy atom. The highest BCUT2D eigenvalue weighted by Crippen LogP contribution is 2.31.